The molecule has 1 aromatic heterocycles. The van der Waals surface area contributed by atoms with Gasteiger partial charge in [0.1, 0.15) is 5.69 Å². The zero-order chi connectivity index (χ0) is 11.6. The van der Waals surface area contributed by atoms with Crippen molar-refractivity contribution in [2.24, 2.45) is 0 Å². The fourth-order valence-corrected chi connectivity index (χ4v) is 2.01. The number of piperidine rings is 1. The topological polar surface area (TPSA) is 24.9 Å². The molecule has 2 nitrogen and oxygen atoms in total. The molecule has 1 saturated heterocycles. The Morgan fingerprint density at radius 2 is 1.94 bits per heavy atom. The molecular formula is C11H13F3N2. The van der Waals surface area contributed by atoms with Crippen molar-refractivity contribution in [1.29, 1.82) is 0 Å². The molecular weight excluding hydrogens is 217 g/mol. The molecule has 0 atom stereocenters. The molecule has 0 unspecified atom stereocenters. The summed E-state index contributed by atoms with van der Waals surface area (Å²) in [7, 11) is 0. The molecule has 1 aromatic rings. The number of rotatable bonds is 1. The number of aromatic nitrogens is 1. The fraction of sp³-hybridized carbons (Fsp3) is 0.545. The molecule has 2 heterocycles. The Morgan fingerprint density at radius 3 is 2.56 bits per heavy atom. The van der Waals surface area contributed by atoms with Crippen molar-refractivity contribution in [3.05, 3.63) is 29.6 Å². The van der Waals surface area contributed by atoms with Crippen LogP contribution >= 0.6 is 0 Å². The molecule has 1 aliphatic rings. The van der Waals surface area contributed by atoms with Crippen LogP contribution in [0, 0.1) is 0 Å². The molecule has 0 aromatic carbocycles. The normalized spacial score (nSPS) is 18.7. The van der Waals surface area contributed by atoms with Crippen LogP contribution in [0.15, 0.2) is 18.3 Å². The van der Waals surface area contributed by atoms with Crippen LogP contribution in [0.4, 0.5) is 13.2 Å². The molecule has 1 aliphatic heterocycles. The maximum Gasteiger partial charge on any atom is 0.433 e. The molecule has 16 heavy (non-hydrogen) atoms. The molecule has 0 spiro atoms. The summed E-state index contributed by atoms with van der Waals surface area (Å²) < 4.78 is 37.4. The van der Waals surface area contributed by atoms with E-state index in [1.54, 1.807) is 6.07 Å². The lowest BCUT2D eigenvalue weighted by molar-refractivity contribution is -0.141. The van der Waals surface area contributed by atoms with Gasteiger partial charge in [-0.15, -0.1) is 0 Å². The van der Waals surface area contributed by atoms with Gasteiger partial charge in [0.15, 0.2) is 0 Å². The summed E-state index contributed by atoms with van der Waals surface area (Å²) in [5, 5.41) is 3.19. The van der Waals surface area contributed by atoms with Crippen LogP contribution in [-0.4, -0.2) is 18.1 Å². The summed E-state index contributed by atoms with van der Waals surface area (Å²) in [5.41, 5.74) is -0.0349. The van der Waals surface area contributed by atoms with E-state index in [1.165, 1.54) is 12.3 Å². The Balaban J connectivity index is 2.21. The van der Waals surface area contributed by atoms with Crippen molar-refractivity contribution in [3.8, 4) is 0 Å². The quantitative estimate of drug-likeness (QED) is 0.802. The number of pyridine rings is 1. The summed E-state index contributed by atoms with van der Waals surface area (Å²) >= 11 is 0. The standard InChI is InChI=1S/C11H13F3N2/c12-11(13,14)10-7-9(3-6-16-10)8-1-4-15-5-2-8/h3,6-8,15H,1-2,4-5H2. The van der Waals surface area contributed by atoms with E-state index in [4.69, 9.17) is 0 Å². The molecule has 1 N–H and O–H groups in total. The van der Waals surface area contributed by atoms with Gasteiger partial charge >= 0.3 is 6.18 Å². The van der Waals surface area contributed by atoms with Crippen LogP contribution in [0.1, 0.15) is 30.0 Å². The summed E-state index contributed by atoms with van der Waals surface area (Å²) in [6.07, 6.45) is -1.31. The molecule has 0 amide bonds. The number of alkyl halides is 3. The van der Waals surface area contributed by atoms with Crippen LogP contribution in [0.5, 0.6) is 0 Å². The first-order valence-corrected chi connectivity index (χ1v) is 5.31. The third-order valence-corrected chi connectivity index (χ3v) is 2.88. The third kappa shape index (κ3) is 2.52. The van der Waals surface area contributed by atoms with Crippen LogP contribution < -0.4 is 5.32 Å². The average Bonchev–Trinajstić information content (AvgIpc) is 2.29. The predicted molar refractivity (Wildman–Crippen MR) is 54.1 cm³/mol. The highest BCUT2D eigenvalue weighted by Crippen LogP contribution is 2.31. The average molecular weight is 230 g/mol. The summed E-state index contributed by atoms with van der Waals surface area (Å²) in [6, 6.07) is 2.86. The summed E-state index contributed by atoms with van der Waals surface area (Å²) in [6.45, 7) is 1.74. The van der Waals surface area contributed by atoms with Gasteiger partial charge in [0, 0.05) is 6.20 Å². The van der Waals surface area contributed by atoms with Gasteiger partial charge in [-0.2, -0.15) is 13.2 Å². The van der Waals surface area contributed by atoms with Crippen LogP contribution in [0.3, 0.4) is 0 Å². The van der Waals surface area contributed by atoms with Gasteiger partial charge in [0.25, 0.3) is 0 Å². The lowest BCUT2D eigenvalue weighted by atomic mass is 9.90. The molecule has 2 rings (SSSR count). The van der Waals surface area contributed by atoms with Crippen molar-refractivity contribution in [2.75, 3.05) is 13.1 Å². The predicted octanol–water partition coefficient (Wildman–Crippen LogP) is 2.57. The highest BCUT2D eigenvalue weighted by molar-refractivity contribution is 5.22. The second-order valence-corrected chi connectivity index (χ2v) is 4.00. The first-order chi connectivity index (χ1) is 7.57. The second kappa shape index (κ2) is 4.41. The first-order valence-electron chi connectivity index (χ1n) is 5.31. The molecule has 88 valence electrons. The summed E-state index contributed by atoms with van der Waals surface area (Å²) in [4.78, 5) is 3.36. The largest absolute Gasteiger partial charge is 0.433 e. The van der Waals surface area contributed by atoms with Crippen molar-refractivity contribution < 1.29 is 13.2 Å². The van der Waals surface area contributed by atoms with Gasteiger partial charge in [-0.1, -0.05) is 0 Å². The molecule has 0 aliphatic carbocycles. The number of hydrogen-bond acceptors (Lipinski definition) is 2. The smallest absolute Gasteiger partial charge is 0.317 e. The Hall–Kier alpha value is -1.10. The van der Waals surface area contributed by atoms with E-state index < -0.39 is 11.9 Å². The molecule has 0 saturated carbocycles. The van der Waals surface area contributed by atoms with Crippen molar-refractivity contribution >= 4 is 0 Å². The molecule has 0 radical (unpaired) electrons. The highest BCUT2D eigenvalue weighted by atomic mass is 19.4. The van der Waals surface area contributed by atoms with Crippen molar-refractivity contribution in [1.82, 2.24) is 10.3 Å². The van der Waals surface area contributed by atoms with E-state index >= 15 is 0 Å². The van der Waals surface area contributed by atoms with Gasteiger partial charge in [0.2, 0.25) is 0 Å². The molecule has 1 fully saturated rings. The Morgan fingerprint density at radius 1 is 1.25 bits per heavy atom. The van der Waals surface area contributed by atoms with Crippen LogP contribution in [-0.2, 0) is 6.18 Å². The fourth-order valence-electron chi connectivity index (χ4n) is 2.01. The van der Waals surface area contributed by atoms with Gasteiger partial charge in [-0.05, 0) is 49.5 Å². The second-order valence-electron chi connectivity index (χ2n) is 4.00. The van der Waals surface area contributed by atoms with E-state index in [0.717, 1.165) is 31.5 Å². The van der Waals surface area contributed by atoms with E-state index in [0.29, 0.717) is 0 Å². The number of nitrogens with zero attached hydrogens (tertiary/aromatic N) is 1. The maximum absolute atomic E-state index is 12.5. The van der Waals surface area contributed by atoms with E-state index in [-0.39, 0.29) is 5.92 Å². The highest BCUT2D eigenvalue weighted by Gasteiger charge is 2.33. The van der Waals surface area contributed by atoms with Gasteiger partial charge < -0.3 is 5.32 Å². The minimum Gasteiger partial charge on any atom is -0.317 e. The Bertz CT molecular complexity index is 356. The van der Waals surface area contributed by atoms with Crippen molar-refractivity contribution in [3.63, 3.8) is 0 Å². The zero-order valence-corrected chi connectivity index (χ0v) is 8.72. The van der Waals surface area contributed by atoms with Gasteiger partial charge in [-0.3, -0.25) is 4.98 Å². The first kappa shape index (κ1) is 11.4. The van der Waals surface area contributed by atoms with Crippen molar-refractivity contribution in [2.45, 2.75) is 24.9 Å². The van der Waals surface area contributed by atoms with E-state index in [9.17, 15) is 13.2 Å². The Labute approximate surface area is 91.9 Å². The minimum absolute atomic E-state index is 0.227. The number of hydrogen-bond donors (Lipinski definition) is 1. The SMILES string of the molecule is FC(F)(F)c1cc(C2CCNCC2)ccn1. The van der Waals surface area contributed by atoms with Crippen LogP contribution in [0.25, 0.3) is 0 Å². The molecule has 5 heteroatoms. The van der Waals surface area contributed by atoms with E-state index in [2.05, 4.69) is 10.3 Å². The van der Waals surface area contributed by atoms with Crippen LogP contribution in [0.2, 0.25) is 0 Å². The third-order valence-electron chi connectivity index (χ3n) is 2.88. The number of halogens is 3. The minimum atomic E-state index is -4.34. The number of nitrogens with one attached hydrogen (secondary N) is 1. The zero-order valence-electron chi connectivity index (χ0n) is 8.72. The monoisotopic (exact) mass is 230 g/mol. The van der Waals surface area contributed by atoms with Gasteiger partial charge in [-0.25, -0.2) is 0 Å². The summed E-state index contributed by atoms with van der Waals surface area (Å²) in [5.74, 6) is 0.227. The lowest BCUT2D eigenvalue weighted by Crippen LogP contribution is -2.26. The molecule has 0 bridgehead atoms. The lowest BCUT2D eigenvalue weighted by Gasteiger charge is -2.23. The van der Waals surface area contributed by atoms with E-state index in [1.807, 2.05) is 0 Å². The maximum atomic E-state index is 12.5. The Kier molecular flexibility index (Phi) is 3.14. The van der Waals surface area contributed by atoms with Gasteiger partial charge in [0.05, 0.1) is 0 Å².